The van der Waals surface area contributed by atoms with E-state index in [4.69, 9.17) is 17.3 Å². The Morgan fingerprint density at radius 1 is 1.10 bits per heavy atom. The number of rotatable bonds is 5. The number of amides is 2. The lowest BCUT2D eigenvalue weighted by molar-refractivity contribution is -0.124. The van der Waals surface area contributed by atoms with Gasteiger partial charge in [0.15, 0.2) is 0 Å². The summed E-state index contributed by atoms with van der Waals surface area (Å²) in [6, 6.07) is 11.8. The Hall–Kier alpha value is -2.60. The highest BCUT2D eigenvalue weighted by molar-refractivity contribution is 6.30. The molecule has 5 rings (SSSR count). The van der Waals surface area contributed by atoms with Gasteiger partial charge in [-0.25, -0.2) is 4.98 Å². The number of carbonyl (C=O) groups is 2. The molecule has 156 valence electrons. The van der Waals surface area contributed by atoms with Gasteiger partial charge in [0.05, 0.1) is 11.0 Å². The molecule has 2 aromatic rings. The molecule has 3 N–H and O–H groups in total. The van der Waals surface area contributed by atoms with Gasteiger partial charge in [0.1, 0.15) is 5.82 Å². The minimum absolute atomic E-state index is 0.123. The zero-order valence-corrected chi connectivity index (χ0v) is 17.4. The molecule has 30 heavy (non-hydrogen) atoms. The van der Waals surface area contributed by atoms with Crippen LogP contribution in [0.15, 0.2) is 42.6 Å². The fraction of sp³-hybridized carbons (Fsp3) is 0.435. The highest BCUT2D eigenvalue weighted by Gasteiger charge is 2.52. The quantitative estimate of drug-likeness (QED) is 0.771. The minimum Gasteiger partial charge on any atom is -0.365 e. The summed E-state index contributed by atoms with van der Waals surface area (Å²) in [5.74, 6) is 0.354. The van der Waals surface area contributed by atoms with Crippen LogP contribution in [0.2, 0.25) is 5.02 Å². The Labute approximate surface area is 180 Å². The van der Waals surface area contributed by atoms with Crippen LogP contribution in [0.1, 0.15) is 54.4 Å². The highest BCUT2D eigenvalue weighted by atomic mass is 35.5. The second kappa shape index (κ2) is 7.27. The predicted octanol–water partition coefficient (Wildman–Crippen LogP) is 3.18. The summed E-state index contributed by atoms with van der Waals surface area (Å²) in [4.78, 5) is 31.8. The van der Waals surface area contributed by atoms with Gasteiger partial charge in [0, 0.05) is 29.3 Å². The second-order valence-corrected chi connectivity index (χ2v) is 9.20. The zero-order chi connectivity index (χ0) is 20.9. The van der Waals surface area contributed by atoms with Crippen LogP contribution in [0.25, 0.3) is 0 Å². The first-order valence-electron chi connectivity index (χ1n) is 10.6. The Kier molecular flexibility index (Phi) is 4.69. The van der Waals surface area contributed by atoms with Crippen molar-refractivity contribution in [2.75, 3.05) is 4.90 Å². The van der Waals surface area contributed by atoms with Gasteiger partial charge >= 0.3 is 0 Å². The van der Waals surface area contributed by atoms with Gasteiger partial charge in [-0.15, -0.1) is 0 Å². The van der Waals surface area contributed by atoms with E-state index in [1.807, 2.05) is 24.3 Å². The number of hydrogen-bond acceptors (Lipinski definition) is 4. The van der Waals surface area contributed by atoms with Gasteiger partial charge in [-0.3, -0.25) is 9.59 Å². The molecule has 2 bridgehead atoms. The number of nitrogens with one attached hydrogen (secondary N) is 1. The third kappa shape index (κ3) is 3.23. The average Bonchev–Trinajstić information content (AvgIpc) is 3.50. The van der Waals surface area contributed by atoms with Crippen LogP contribution in [-0.4, -0.2) is 34.9 Å². The first-order valence-corrected chi connectivity index (χ1v) is 11.0. The standard InChI is InChI=1S/C23H25ClN4O2/c24-15-5-3-14(4-6-15)23(9-10-23)22(30)27-16-12-17-7-8-18(13-16)28(17)21-19(20(25)29)2-1-11-26-21/h1-6,11,16-18H,7-10,12-13H2,(H2,25,29)(H,27,30). The van der Waals surface area contributed by atoms with Gasteiger partial charge < -0.3 is 16.0 Å². The maximum Gasteiger partial charge on any atom is 0.252 e. The van der Waals surface area contributed by atoms with Crippen LogP contribution in [0.5, 0.6) is 0 Å². The summed E-state index contributed by atoms with van der Waals surface area (Å²) >= 11 is 6.01. The van der Waals surface area contributed by atoms with Gasteiger partial charge in [-0.2, -0.15) is 0 Å². The fourth-order valence-electron chi connectivity index (χ4n) is 5.30. The molecule has 2 atom stereocenters. The molecule has 1 aromatic carbocycles. The van der Waals surface area contributed by atoms with Gasteiger partial charge in [-0.1, -0.05) is 23.7 Å². The van der Waals surface area contributed by atoms with Crippen molar-refractivity contribution in [3.63, 3.8) is 0 Å². The number of halogens is 1. The van der Waals surface area contributed by atoms with E-state index in [1.165, 1.54) is 0 Å². The molecule has 3 heterocycles. The molecule has 6 nitrogen and oxygen atoms in total. The monoisotopic (exact) mass is 424 g/mol. The number of hydrogen-bond donors (Lipinski definition) is 2. The normalized spacial score (nSPS) is 26.3. The molecule has 2 aliphatic heterocycles. The third-order valence-corrected chi connectivity index (χ3v) is 7.20. The molecule has 1 aliphatic carbocycles. The average molecular weight is 425 g/mol. The van der Waals surface area contributed by atoms with Crippen molar-refractivity contribution < 1.29 is 9.59 Å². The second-order valence-electron chi connectivity index (χ2n) is 8.76. The molecule has 2 amide bonds. The van der Waals surface area contributed by atoms with Gasteiger partial charge in [-0.05, 0) is 68.4 Å². The molecule has 0 spiro atoms. The predicted molar refractivity (Wildman–Crippen MR) is 116 cm³/mol. The smallest absolute Gasteiger partial charge is 0.252 e. The van der Waals surface area contributed by atoms with Gasteiger partial charge in [0.25, 0.3) is 5.91 Å². The Morgan fingerprint density at radius 3 is 2.37 bits per heavy atom. The van der Waals surface area contributed by atoms with Crippen LogP contribution in [-0.2, 0) is 10.2 Å². The van der Waals surface area contributed by atoms with E-state index in [2.05, 4.69) is 15.2 Å². The topological polar surface area (TPSA) is 88.3 Å². The van der Waals surface area contributed by atoms with E-state index in [-0.39, 0.29) is 24.0 Å². The molecule has 3 fully saturated rings. The Bertz CT molecular complexity index is 975. The molecular formula is C23H25ClN4O2. The highest BCUT2D eigenvalue weighted by Crippen LogP contribution is 2.49. The summed E-state index contributed by atoms with van der Waals surface area (Å²) in [6.45, 7) is 0. The molecular weight excluding hydrogens is 400 g/mol. The number of nitrogens with two attached hydrogens (primary N) is 1. The van der Waals surface area contributed by atoms with Crippen LogP contribution >= 0.6 is 11.6 Å². The lowest BCUT2D eigenvalue weighted by Crippen LogP contribution is -2.52. The van der Waals surface area contributed by atoms with E-state index in [9.17, 15) is 9.59 Å². The van der Waals surface area contributed by atoms with Crippen molar-refractivity contribution in [2.45, 2.75) is 62.1 Å². The SMILES string of the molecule is NC(=O)c1cccnc1N1C2CCC1CC(NC(=O)C1(c3ccc(Cl)cc3)CC1)C2. The number of carbonyl (C=O) groups excluding carboxylic acids is 2. The fourth-order valence-corrected chi connectivity index (χ4v) is 5.43. The molecule has 3 aliphatic rings. The molecule has 2 saturated heterocycles. The van der Waals surface area contributed by atoms with Crippen LogP contribution in [0, 0.1) is 0 Å². The lowest BCUT2D eigenvalue weighted by atomic mass is 9.92. The van der Waals surface area contributed by atoms with Crippen molar-refractivity contribution in [3.8, 4) is 0 Å². The summed E-state index contributed by atoms with van der Waals surface area (Å²) in [6.07, 6.45) is 7.24. The molecule has 1 aromatic heterocycles. The number of anilines is 1. The number of benzene rings is 1. The molecule has 2 unspecified atom stereocenters. The van der Waals surface area contributed by atoms with E-state index >= 15 is 0 Å². The van der Waals surface area contributed by atoms with E-state index in [0.29, 0.717) is 16.4 Å². The maximum absolute atomic E-state index is 13.2. The Morgan fingerprint density at radius 2 is 1.77 bits per heavy atom. The maximum atomic E-state index is 13.2. The first-order chi connectivity index (χ1) is 14.5. The van der Waals surface area contributed by atoms with E-state index in [0.717, 1.165) is 44.1 Å². The summed E-state index contributed by atoms with van der Waals surface area (Å²) in [7, 11) is 0. The summed E-state index contributed by atoms with van der Waals surface area (Å²) in [5.41, 5.74) is 6.69. The van der Waals surface area contributed by atoms with E-state index < -0.39 is 11.3 Å². The van der Waals surface area contributed by atoms with Crippen molar-refractivity contribution >= 4 is 29.2 Å². The van der Waals surface area contributed by atoms with Crippen molar-refractivity contribution in [1.29, 1.82) is 0 Å². The number of fused-ring (bicyclic) bond motifs is 2. The summed E-state index contributed by atoms with van der Waals surface area (Å²) in [5, 5.41) is 4.02. The molecule has 7 heteroatoms. The van der Waals surface area contributed by atoms with Crippen molar-refractivity contribution in [1.82, 2.24) is 10.3 Å². The zero-order valence-electron chi connectivity index (χ0n) is 16.7. The number of piperidine rings is 1. The Balaban J connectivity index is 1.31. The van der Waals surface area contributed by atoms with Gasteiger partial charge in [0.2, 0.25) is 5.91 Å². The minimum atomic E-state index is -0.452. The first kappa shape index (κ1) is 19.4. The lowest BCUT2D eigenvalue weighted by Gasteiger charge is -2.41. The molecule has 0 radical (unpaired) electrons. The van der Waals surface area contributed by atoms with Crippen LogP contribution in [0.3, 0.4) is 0 Å². The van der Waals surface area contributed by atoms with E-state index in [1.54, 1.807) is 18.3 Å². The van der Waals surface area contributed by atoms with Crippen LogP contribution < -0.4 is 16.0 Å². The number of primary amides is 1. The molecule has 1 saturated carbocycles. The largest absolute Gasteiger partial charge is 0.365 e. The number of aromatic nitrogens is 1. The number of pyridine rings is 1. The van der Waals surface area contributed by atoms with Crippen LogP contribution in [0.4, 0.5) is 5.82 Å². The summed E-state index contributed by atoms with van der Waals surface area (Å²) < 4.78 is 0. The number of nitrogens with zero attached hydrogens (tertiary/aromatic N) is 2. The van der Waals surface area contributed by atoms with Crippen molar-refractivity contribution in [2.24, 2.45) is 5.73 Å². The third-order valence-electron chi connectivity index (χ3n) is 6.95. The van der Waals surface area contributed by atoms with Crippen molar-refractivity contribution in [3.05, 3.63) is 58.7 Å².